The van der Waals surface area contributed by atoms with Gasteiger partial charge in [0.15, 0.2) is 0 Å². The van der Waals surface area contributed by atoms with Crippen molar-refractivity contribution in [2.45, 2.75) is 31.6 Å². The predicted molar refractivity (Wildman–Crippen MR) is 70.5 cm³/mol. The molecule has 0 aliphatic heterocycles. The van der Waals surface area contributed by atoms with E-state index in [0.717, 1.165) is 6.42 Å². The van der Waals surface area contributed by atoms with E-state index in [-0.39, 0.29) is 16.5 Å². The molecule has 3 N–H and O–H groups in total. The van der Waals surface area contributed by atoms with Gasteiger partial charge in [-0.3, -0.25) is 4.79 Å². The lowest BCUT2D eigenvalue weighted by molar-refractivity contribution is -0.116. The van der Waals surface area contributed by atoms with Gasteiger partial charge in [-0.1, -0.05) is 26.0 Å². The van der Waals surface area contributed by atoms with Gasteiger partial charge in [0.25, 0.3) is 0 Å². The zero-order valence-electron chi connectivity index (χ0n) is 10.5. The Morgan fingerprint density at radius 2 is 1.94 bits per heavy atom. The monoisotopic (exact) mass is 270 g/mol. The molecule has 0 heterocycles. The second-order valence-corrected chi connectivity index (χ2v) is 6.05. The maximum Gasteiger partial charge on any atom is 0.240 e. The normalized spacial score (nSPS) is 11.6. The first-order valence-electron chi connectivity index (χ1n) is 5.72. The van der Waals surface area contributed by atoms with Gasteiger partial charge in [-0.25, -0.2) is 13.6 Å². The summed E-state index contributed by atoms with van der Waals surface area (Å²) in [5.41, 5.74) is 0.230. The number of sulfonamides is 1. The fourth-order valence-corrected chi connectivity index (χ4v) is 2.14. The molecule has 0 radical (unpaired) electrons. The molecule has 1 rings (SSSR count). The van der Waals surface area contributed by atoms with Crippen molar-refractivity contribution in [2.75, 3.05) is 5.32 Å². The van der Waals surface area contributed by atoms with Crippen molar-refractivity contribution >= 4 is 21.6 Å². The number of amides is 1. The number of primary sulfonamides is 1. The fraction of sp³-hybridized carbons (Fsp3) is 0.417. The third-order valence-corrected chi connectivity index (χ3v) is 3.39. The molecule has 0 fully saturated rings. The Kier molecular flexibility index (Phi) is 4.86. The van der Waals surface area contributed by atoms with E-state index in [2.05, 4.69) is 5.32 Å². The Morgan fingerprint density at radius 3 is 2.50 bits per heavy atom. The Balaban J connectivity index is 2.82. The van der Waals surface area contributed by atoms with Crippen LogP contribution in [0.4, 0.5) is 5.69 Å². The number of anilines is 1. The third kappa shape index (κ3) is 4.46. The van der Waals surface area contributed by atoms with E-state index in [9.17, 15) is 13.2 Å². The lowest BCUT2D eigenvalue weighted by Crippen LogP contribution is -2.18. The summed E-state index contributed by atoms with van der Waals surface area (Å²) in [7, 11) is -3.83. The van der Waals surface area contributed by atoms with Crippen molar-refractivity contribution in [1.82, 2.24) is 0 Å². The summed E-state index contributed by atoms with van der Waals surface area (Å²) >= 11 is 0. The average Bonchev–Trinajstić information content (AvgIpc) is 2.25. The lowest BCUT2D eigenvalue weighted by atomic mass is 10.1. The molecule has 0 unspecified atom stereocenters. The molecule has 1 amide bonds. The fourth-order valence-electron chi connectivity index (χ4n) is 1.45. The minimum atomic E-state index is -3.83. The van der Waals surface area contributed by atoms with Crippen LogP contribution in [0.25, 0.3) is 0 Å². The molecule has 0 saturated carbocycles. The summed E-state index contributed by atoms with van der Waals surface area (Å²) in [6.45, 7) is 4.04. The summed E-state index contributed by atoms with van der Waals surface area (Å²) in [4.78, 5) is 11.6. The number of para-hydroxylation sites is 1. The summed E-state index contributed by atoms with van der Waals surface area (Å²) in [5, 5.41) is 7.65. The summed E-state index contributed by atoms with van der Waals surface area (Å²) in [6, 6.07) is 6.09. The topological polar surface area (TPSA) is 89.3 Å². The summed E-state index contributed by atoms with van der Waals surface area (Å²) in [5.74, 6) is 0.212. The third-order valence-electron chi connectivity index (χ3n) is 2.42. The Labute approximate surface area is 107 Å². The van der Waals surface area contributed by atoms with Crippen LogP contribution >= 0.6 is 0 Å². The van der Waals surface area contributed by atoms with Crippen LogP contribution in [0, 0.1) is 5.92 Å². The molecule has 0 atom stereocenters. The zero-order valence-corrected chi connectivity index (χ0v) is 11.3. The number of nitrogens with one attached hydrogen (secondary N) is 1. The maximum absolute atomic E-state index is 11.6. The maximum atomic E-state index is 11.6. The molecule has 0 spiro atoms. The van der Waals surface area contributed by atoms with E-state index in [1.54, 1.807) is 12.1 Å². The molecule has 0 bridgehead atoms. The highest BCUT2D eigenvalue weighted by molar-refractivity contribution is 7.89. The molecule has 5 nitrogen and oxygen atoms in total. The van der Waals surface area contributed by atoms with Crippen LogP contribution in [0.2, 0.25) is 0 Å². The zero-order chi connectivity index (χ0) is 13.8. The molecule has 0 aliphatic carbocycles. The predicted octanol–water partition coefficient (Wildman–Crippen LogP) is 1.71. The van der Waals surface area contributed by atoms with Crippen molar-refractivity contribution in [1.29, 1.82) is 0 Å². The highest BCUT2D eigenvalue weighted by Crippen LogP contribution is 2.19. The summed E-state index contributed by atoms with van der Waals surface area (Å²) in [6.07, 6.45) is 1.11. The Morgan fingerprint density at radius 1 is 1.33 bits per heavy atom. The number of nitrogens with two attached hydrogens (primary N) is 1. The second-order valence-electron chi connectivity index (χ2n) is 4.52. The van der Waals surface area contributed by atoms with Crippen molar-refractivity contribution in [3.05, 3.63) is 24.3 Å². The van der Waals surface area contributed by atoms with E-state index < -0.39 is 10.0 Å². The van der Waals surface area contributed by atoms with Crippen LogP contribution in [0.1, 0.15) is 26.7 Å². The lowest BCUT2D eigenvalue weighted by Gasteiger charge is -2.10. The number of carbonyl (C=O) groups excluding carboxylic acids is 1. The van der Waals surface area contributed by atoms with Gasteiger partial charge in [-0.05, 0) is 24.5 Å². The minimum absolute atomic E-state index is 0.0668. The van der Waals surface area contributed by atoms with Crippen LogP contribution in [0.5, 0.6) is 0 Å². The van der Waals surface area contributed by atoms with Gasteiger partial charge in [0, 0.05) is 6.42 Å². The number of carbonyl (C=O) groups is 1. The molecule has 1 aromatic rings. The van der Waals surface area contributed by atoms with E-state index in [0.29, 0.717) is 12.3 Å². The Hall–Kier alpha value is -1.40. The van der Waals surface area contributed by atoms with E-state index >= 15 is 0 Å². The van der Waals surface area contributed by atoms with Crippen molar-refractivity contribution in [2.24, 2.45) is 11.1 Å². The molecule has 18 heavy (non-hydrogen) atoms. The van der Waals surface area contributed by atoms with Gasteiger partial charge in [0.2, 0.25) is 15.9 Å². The molecule has 6 heteroatoms. The molecule has 1 aromatic carbocycles. The minimum Gasteiger partial charge on any atom is -0.325 e. The molecular weight excluding hydrogens is 252 g/mol. The highest BCUT2D eigenvalue weighted by Gasteiger charge is 2.14. The quantitative estimate of drug-likeness (QED) is 0.853. The largest absolute Gasteiger partial charge is 0.325 e. The number of benzene rings is 1. The van der Waals surface area contributed by atoms with Crippen molar-refractivity contribution in [3.8, 4) is 0 Å². The molecule has 0 aliphatic rings. The van der Waals surface area contributed by atoms with Gasteiger partial charge >= 0.3 is 0 Å². The highest BCUT2D eigenvalue weighted by atomic mass is 32.2. The van der Waals surface area contributed by atoms with Crippen LogP contribution in [0.3, 0.4) is 0 Å². The SMILES string of the molecule is CC(C)CCC(=O)Nc1ccccc1S(N)(=O)=O. The average molecular weight is 270 g/mol. The standard InChI is InChI=1S/C12H18N2O3S/c1-9(2)7-8-12(15)14-10-5-3-4-6-11(10)18(13,16)17/h3-6,9H,7-8H2,1-2H3,(H,14,15)(H2,13,16,17). The smallest absolute Gasteiger partial charge is 0.240 e. The van der Waals surface area contributed by atoms with Crippen LogP contribution < -0.4 is 10.5 Å². The van der Waals surface area contributed by atoms with Gasteiger partial charge < -0.3 is 5.32 Å². The van der Waals surface area contributed by atoms with Crippen molar-refractivity contribution < 1.29 is 13.2 Å². The summed E-state index contributed by atoms with van der Waals surface area (Å²) < 4.78 is 22.7. The number of hydrogen-bond donors (Lipinski definition) is 2. The van der Waals surface area contributed by atoms with Crippen LogP contribution in [-0.2, 0) is 14.8 Å². The van der Waals surface area contributed by atoms with Gasteiger partial charge in [0.1, 0.15) is 4.90 Å². The van der Waals surface area contributed by atoms with Gasteiger partial charge in [0.05, 0.1) is 5.69 Å². The first kappa shape index (κ1) is 14.7. The first-order chi connectivity index (χ1) is 8.30. The number of rotatable bonds is 5. The molecular formula is C12H18N2O3S. The number of hydrogen-bond acceptors (Lipinski definition) is 3. The van der Waals surface area contributed by atoms with E-state index in [4.69, 9.17) is 5.14 Å². The van der Waals surface area contributed by atoms with E-state index in [1.165, 1.54) is 12.1 Å². The van der Waals surface area contributed by atoms with E-state index in [1.807, 2.05) is 13.8 Å². The van der Waals surface area contributed by atoms with Gasteiger partial charge in [-0.15, -0.1) is 0 Å². The Bertz CT molecular complexity index is 524. The van der Waals surface area contributed by atoms with Crippen LogP contribution in [-0.4, -0.2) is 14.3 Å². The first-order valence-corrected chi connectivity index (χ1v) is 7.27. The molecule has 0 saturated heterocycles. The molecule has 0 aromatic heterocycles. The van der Waals surface area contributed by atoms with Crippen molar-refractivity contribution in [3.63, 3.8) is 0 Å². The van der Waals surface area contributed by atoms with Crippen LogP contribution in [0.15, 0.2) is 29.2 Å². The van der Waals surface area contributed by atoms with Gasteiger partial charge in [-0.2, -0.15) is 0 Å². The second kappa shape index (κ2) is 5.97. The molecule has 100 valence electrons.